The van der Waals surface area contributed by atoms with Gasteiger partial charge in [0.25, 0.3) is 0 Å². The number of carbonyl (C=O) groups is 2. The van der Waals surface area contributed by atoms with Crippen LogP contribution in [0.4, 0.5) is 0 Å². The molecule has 5 heteroatoms. The molecule has 0 saturated carbocycles. The molecule has 0 saturated heterocycles. The van der Waals surface area contributed by atoms with Crippen molar-refractivity contribution in [3.8, 4) is 0 Å². The van der Waals surface area contributed by atoms with Crippen LogP contribution in [-0.2, 0) is 4.79 Å². The average Bonchev–Trinajstić information content (AvgIpc) is 2.37. The van der Waals surface area contributed by atoms with E-state index in [-0.39, 0.29) is 18.3 Å². The third kappa shape index (κ3) is 5.25. The van der Waals surface area contributed by atoms with Crippen LogP contribution in [0.3, 0.4) is 0 Å². The number of hydrogen-bond donors (Lipinski definition) is 2. The summed E-state index contributed by atoms with van der Waals surface area (Å²) in [6, 6.07) is 6.89. The van der Waals surface area contributed by atoms with Gasteiger partial charge in [-0.15, -0.1) is 0 Å². The van der Waals surface area contributed by atoms with Gasteiger partial charge in [-0.05, 0) is 36.8 Å². The van der Waals surface area contributed by atoms with E-state index in [0.717, 1.165) is 4.47 Å². The monoisotopic (exact) mass is 311 g/mol. The van der Waals surface area contributed by atoms with Gasteiger partial charge in [-0.2, -0.15) is 0 Å². The van der Waals surface area contributed by atoms with Crippen molar-refractivity contribution >= 4 is 27.6 Å². The maximum atomic E-state index is 11.7. The lowest BCUT2D eigenvalue weighted by Crippen LogP contribution is -2.23. The molecular weight excluding hydrogens is 298 g/mol. The Bertz CT molecular complexity index is 440. The zero-order valence-electron chi connectivity index (χ0n) is 9.73. The van der Waals surface area contributed by atoms with Crippen LogP contribution < -0.4 is 5.32 Å². The van der Waals surface area contributed by atoms with E-state index in [4.69, 9.17) is 5.11 Å². The van der Waals surface area contributed by atoms with Gasteiger partial charge >= 0.3 is 0 Å². The Hall–Kier alpha value is -1.46. The van der Waals surface area contributed by atoms with Crippen LogP contribution in [-0.4, -0.2) is 29.9 Å². The van der Waals surface area contributed by atoms with Gasteiger partial charge in [-0.3, -0.25) is 9.59 Å². The van der Waals surface area contributed by atoms with Gasteiger partial charge in [-0.1, -0.05) is 15.9 Å². The maximum absolute atomic E-state index is 11.7. The maximum Gasteiger partial charge on any atom is 0.244 e. The van der Waals surface area contributed by atoms with E-state index in [9.17, 15) is 9.59 Å². The second-order valence-corrected chi connectivity index (χ2v) is 4.49. The van der Waals surface area contributed by atoms with Crippen molar-refractivity contribution in [2.24, 2.45) is 0 Å². The van der Waals surface area contributed by atoms with Crippen LogP contribution in [0.5, 0.6) is 0 Å². The molecule has 1 amide bonds. The van der Waals surface area contributed by atoms with E-state index < -0.39 is 0 Å². The second kappa shape index (κ2) is 7.79. The highest BCUT2D eigenvalue weighted by molar-refractivity contribution is 9.10. The van der Waals surface area contributed by atoms with Gasteiger partial charge in [0.15, 0.2) is 5.78 Å². The first-order valence-electron chi connectivity index (χ1n) is 5.50. The Morgan fingerprint density at radius 2 is 1.89 bits per heavy atom. The van der Waals surface area contributed by atoms with Gasteiger partial charge in [0.2, 0.25) is 5.91 Å². The van der Waals surface area contributed by atoms with Crippen LogP contribution >= 0.6 is 15.9 Å². The summed E-state index contributed by atoms with van der Waals surface area (Å²) in [5.74, 6) is -0.561. The summed E-state index contributed by atoms with van der Waals surface area (Å²) in [5.41, 5.74) is 0.526. The Labute approximate surface area is 114 Å². The van der Waals surface area contributed by atoms with Crippen molar-refractivity contribution in [3.63, 3.8) is 0 Å². The fraction of sp³-hybridized carbons (Fsp3) is 0.231. The van der Waals surface area contributed by atoms with Crippen molar-refractivity contribution in [2.45, 2.75) is 6.42 Å². The van der Waals surface area contributed by atoms with Crippen molar-refractivity contribution in [3.05, 3.63) is 46.5 Å². The third-order valence-corrected chi connectivity index (χ3v) is 2.68. The molecule has 1 aromatic carbocycles. The number of allylic oxidation sites excluding steroid dienone is 1. The molecule has 0 radical (unpaired) electrons. The molecule has 0 spiro atoms. The first kappa shape index (κ1) is 14.6. The zero-order chi connectivity index (χ0) is 13.4. The minimum Gasteiger partial charge on any atom is -0.396 e. The van der Waals surface area contributed by atoms with Gasteiger partial charge in [0.1, 0.15) is 0 Å². The van der Waals surface area contributed by atoms with Crippen LogP contribution in [0.1, 0.15) is 16.8 Å². The Kier molecular flexibility index (Phi) is 6.32. The Balaban J connectivity index is 2.48. The highest BCUT2D eigenvalue weighted by Gasteiger charge is 2.02. The molecular formula is C13H14BrNO3. The van der Waals surface area contributed by atoms with Crippen molar-refractivity contribution in [2.75, 3.05) is 13.2 Å². The lowest BCUT2D eigenvalue weighted by Gasteiger charge is -1.99. The number of nitrogens with one attached hydrogen (secondary N) is 1. The molecule has 18 heavy (non-hydrogen) atoms. The van der Waals surface area contributed by atoms with E-state index in [1.54, 1.807) is 24.3 Å². The Morgan fingerprint density at radius 1 is 1.22 bits per heavy atom. The number of amides is 1. The minimum absolute atomic E-state index is 0.0296. The molecule has 0 unspecified atom stereocenters. The normalized spacial score (nSPS) is 10.6. The van der Waals surface area contributed by atoms with Gasteiger partial charge in [0.05, 0.1) is 0 Å². The summed E-state index contributed by atoms with van der Waals surface area (Å²) in [6.07, 6.45) is 2.93. The molecule has 0 aliphatic rings. The molecule has 1 aromatic rings. The lowest BCUT2D eigenvalue weighted by atomic mass is 10.1. The van der Waals surface area contributed by atoms with Crippen LogP contribution in [0.2, 0.25) is 0 Å². The van der Waals surface area contributed by atoms with Crippen molar-refractivity contribution in [1.29, 1.82) is 0 Å². The molecule has 96 valence electrons. The quantitative estimate of drug-likeness (QED) is 0.477. The average molecular weight is 312 g/mol. The van der Waals surface area contributed by atoms with Gasteiger partial charge in [-0.25, -0.2) is 0 Å². The van der Waals surface area contributed by atoms with E-state index in [0.29, 0.717) is 18.5 Å². The molecule has 0 aliphatic heterocycles. The zero-order valence-corrected chi connectivity index (χ0v) is 11.3. The molecule has 0 aliphatic carbocycles. The summed E-state index contributed by atoms with van der Waals surface area (Å²) in [6.45, 7) is 0.425. The number of benzene rings is 1. The van der Waals surface area contributed by atoms with E-state index in [1.807, 2.05) is 0 Å². The number of ketones is 1. The van der Waals surface area contributed by atoms with Crippen molar-refractivity contribution < 1.29 is 14.7 Å². The smallest absolute Gasteiger partial charge is 0.244 e. The summed E-state index contributed by atoms with van der Waals surface area (Å²) >= 11 is 3.28. The molecule has 0 atom stereocenters. The molecule has 0 fully saturated rings. The molecule has 4 nitrogen and oxygen atoms in total. The predicted octanol–water partition coefficient (Wildman–Crippen LogP) is 1.69. The number of carbonyl (C=O) groups excluding carboxylic acids is 2. The van der Waals surface area contributed by atoms with Gasteiger partial charge < -0.3 is 10.4 Å². The number of halogens is 1. The summed E-state index contributed by atoms with van der Waals surface area (Å²) in [7, 11) is 0. The predicted molar refractivity (Wildman–Crippen MR) is 72.3 cm³/mol. The molecule has 2 N–H and O–H groups in total. The van der Waals surface area contributed by atoms with Crippen molar-refractivity contribution in [1.82, 2.24) is 5.32 Å². The molecule has 0 heterocycles. The number of aliphatic hydroxyl groups is 1. The van der Waals surface area contributed by atoms with Gasteiger partial charge in [0, 0.05) is 29.3 Å². The van der Waals surface area contributed by atoms with Crippen LogP contribution in [0.25, 0.3) is 0 Å². The van der Waals surface area contributed by atoms with E-state index in [1.165, 1.54) is 12.2 Å². The van der Waals surface area contributed by atoms with Crippen LogP contribution in [0.15, 0.2) is 40.9 Å². The van der Waals surface area contributed by atoms with Crippen LogP contribution in [0, 0.1) is 0 Å². The Morgan fingerprint density at radius 3 is 2.50 bits per heavy atom. The SMILES string of the molecule is O=C(/C=C/C(=O)c1ccc(Br)cc1)NCCCO. The minimum atomic E-state index is -0.339. The second-order valence-electron chi connectivity index (χ2n) is 3.57. The third-order valence-electron chi connectivity index (χ3n) is 2.15. The number of rotatable bonds is 6. The standard InChI is InChI=1S/C13H14BrNO3/c14-11-4-2-10(3-5-11)12(17)6-7-13(18)15-8-1-9-16/h2-7,16H,1,8-9H2,(H,15,18)/b7-6+. The fourth-order valence-electron chi connectivity index (χ4n) is 1.21. The highest BCUT2D eigenvalue weighted by atomic mass is 79.9. The molecule has 0 aromatic heterocycles. The molecule has 1 rings (SSSR count). The largest absolute Gasteiger partial charge is 0.396 e. The summed E-state index contributed by atoms with van der Waals surface area (Å²) in [5, 5.41) is 11.1. The summed E-state index contributed by atoms with van der Waals surface area (Å²) in [4.78, 5) is 22.9. The topological polar surface area (TPSA) is 66.4 Å². The first-order chi connectivity index (χ1) is 8.63. The molecule has 0 bridgehead atoms. The number of hydrogen-bond acceptors (Lipinski definition) is 3. The summed E-state index contributed by atoms with van der Waals surface area (Å²) < 4.78 is 0.893. The van der Waals surface area contributed by atoms with E-state index in [2.05, 4.69) is 21.2 Å². The fourth-order valence-corrected chi connectivity index (χ4v) is 1.48. The first-order valence-corrected chi connectivity index (χ1v) is 6.29. The van der Waals surface area contributed by atoms with E-state index >= 15 is 0 Å². The number of aliphatic hydroxyl groups excluding tert-OH is 1. The highest BCUT2D eigenvalue weighted by Crippen LogP contribution is 2.11. The lowest BCUT2D eigenvalue weighted by molar-refractivity contribution is -0.116.